The molecule has 0 aromatic carbocycles. The summed E-state index contributed by atoms with van der Waals surface area (Å²) in [6, 6.07) is 0. The molecule has 140 valence electrons. The summed E-state index contributed by atoms with van der Waals surface area (Å²) in [5, 5.41) is 36.9. The number of ether oxygens (including phenoxy) is 2. The first-order chi connectivity index (χ1) is 11.2. The van der Waals surface area contributed by atoms with Crippen molar-refractivity contribution < 1.29 is 44.3 Å². The van der Waals surface area contributed by atoms with E-state index in [1.807, 2.05) is 0 Å². The number of carbonyl (C=O) groups is 3. The maximum atomic E-state index is 12.2. The van der Waals surface area contributed by atoms with Gasteiger partial charge in [-0.3, -0.25) is 14.4 Å². The maximum absolute atomic E-state index is 12.2. The fourth-order valence-corrected chi connectivity index (χ4v) is 2.39. The van der Waals surface area contributed by atoms with E-state index >= 15 is 0 Å². The molecule has 0 rings (SSSR count). The molecule has 0 fully saturated rings. The topological polar surface area (TPSA) is 151 Å². The van der Waals surface area contributed by atoms with Crippen molar-refractivity contribution in [3.05, 3.63) is 0 Å². The van der Waals surface area contributed by atoms with Gasteiger partial charge in [0, 0.05) is 25.7 Å². The summed E-state index contributed by atoms with van der Waals surface area (Å²) in [5.74, 6) is -2.04. The highest BCUT2D eigenvalue weighted by atomic mass is 16.5. The van der Waals surface area contributed by atoms with E-state index in [4.69, 9.17) is 9.47 Å². The molecule has 0 radical (unpaired) electrons. The number of rotatable bonds is 12. The number of hydrogen-bond acceptors (Lipinski definition) is 9. The van der Waals surface area contributed by atoms with Crippen LogP contribution in [-0.4, -0.2) is 63.9 Å². The fourth-order valence-electron chi connectivity index (χ4n) is 2.39. The van der Waals surface area contributed by atoms with Crippen LogP contribution in [0, 0.1) is 5.41 Å². The van der Waals surface area contributed by atoms with Crippen LogP contribution < -0.4 is 0 Å². The van der Waals surface area contributed by atoms with Crippen molar-refractivity contribution in [2.24, 2.45) is 5.41 Å². The van der Waals surface area contributed by atoms with Crippen molar-refractivity contribution in [1.29, 1.82) is 0 Å². The number of carbonyl (C=O) groups excluding carboxylic acids is 3. The smallest absolute Gasteiger partial charge is 0.312 e. The van der Waals surface area contributed by atoms with Crippen LogP contribution in [-0.2, 0) is 23.9 Å². The molecule has 0 saturated carbocycles. The monoisotopic (exact) mass is 350 g/mol. The number of Topliss-reactive ketones (excluding diaryl/α,β-unsaturated/α-hetero) is 1. The second-order valence-corrected chi connectivity index (χ2v) is 5.39. The fraction of sp³-hybridized carbons (Fsp3) is 0.800. The molecule has 0 heterocycles. The molecule has 0 amide bonds. The van der Waals surface area contributed by atoms with Gasteiger partial charge in [-0.1, -0.05) is 0 Å². The molecule has 0 saturated heterocycles. The third-order valence-electron chi connectivity index (χ3n) is 3.30. The van der Waals surface area contributed by atoms with E-state index in [2.05, 4.69) is 0 Å². The van der Waals surface area contributed by atoms with Gasteiger partial charge in [0.15, 0.2) is 12.6 Å². The highest BCUT2D eigenvalue weighted by Crippen LogP contribution is 2.36. The first kappa shape index (κ1) is 22.4. The van der Waals surface area contributed by atoms with E-state index in [0.717, 1.165) is 0 Å². The Bertz CT molecular complexity index is 407. The minimum atomic E-state index is -1.95. The largest absolute Gasteiger partial charge is 0.466 e. The quantitative estimate of drug-likeness (QED) is 0.263. The van der Waals surface area contributed by atoms with Crippen molar-refractivity contribution in [3.8, 4) is 0 Å². The van der Waals surface area contributed by atoms with E-state index in [1.165, 1.54) is 6.92 Å². The van der Waals surface area contributed by atoms with Crippen LogP contribution in [0.15, 0.2) is 0 Å². The molecule has 0 aromatic heterocycles. The summed E-state index contributed by atoms with van der Waals surface area (Å²) < 4.78 is 9.54. The van der Waals surface area contributed by atoms with Crippen LogP contribution in [0.1, 0.15) is 46.0 Å². The van der Waals surface area contributed by atoms with Gasteiger partial charge in [-0.2, -0.15) is 0 Å². The van der Waals surface area contributed by atoms with E-state index in [0.29, 0.717) is 0 Å². The Hall–Kier alpha value is -1.55. The summed E-state index contributed by atoms with van der Waals surface area (Å²) in [5.41, 5.74) is -1.80. The Kier molecular flexibility index (Phi) is 10.4. The van der Waals surface area contributed by atoms with Gasteiger partial charge in [0.2, 0.25) is 0 Å². The Labute approximate surface area is 140 Å². The zero-order chi connectivity index (χ0) is 18.8. The lowest BCUT2D eigenvalue weighted by Crippen LogP contribution is -2.41. The Balaban J connectivity index is 5.16. The molecule has 0 aliphatic carbocycles. The molecule has 9 nitrogen and oxygen atoms in total. The second kappa shape index (κ2) is 11.1. The molecule has 9 heteroatoms. The van der Waals surface area contributed by atoms with Crippen LogP contribution in [0.5, 0.6) is 0 Å². The van der Waals surface area contributed by atoms with Crippen molar-refractivity contribution in [1.82, 2.24) is 0 Å². The number of hydrogen-bond donors (Lipinski definition) is 4. The van der Waals surface area contributed by atoms with E-state index in [-0.39, 0.29) is 26.1 Å². The van der Waals surface area contributed by atoms with Gasteiger partial charge in [0.25, 0.3) is 0 Å². The first-order valence-electron chi connectivity index (χ1n) is 7.73. The minimum absolute atomic E-state index is 0.0271. The van der Waals surface area contributed by atoms with Crippen LogP contribution in [0.2, 0.25) is 0 Å². The minimum Gasteiger partial charge on any atom is -0.466 e. The lowest BCUT2D eigenvalue weighted by molar-refractivity contribution is -0.174. The summed E-state index contributed by atoms with van der Waals surface area (Å²) in [6.45, 7) is 3.29. The SMILES string of the molecule is CCOC(=O)CCC(=O)CC(CC(O)O)(CC(O)O)C(=O)OCC. The Morgan fingerprint density at radius 1 is 0.875 bits per heavy atom. The molecule has 0 unspecified atom stereocenters. The van der Waals surface area contributed by atoms with Gasteiger partial charge < -0.3 is 29.9 Å². The van der Waals surface area contributed by atoms with Gasteiger partial charge in [-0.25, -0.2) is 0 Å². The summed E-state index contributed by atoms with van der Waals surface area (Å²) in [7, 11) is 0. The molecule has 24 heavy (non-hydrogen) atoms. The molecule has 0 aliphatic rings. The zero-order valence-electron chi connectivity index (χ0n) is 13.9. The predicted molar refractivity (Wildman–Crippen MR) is 80.2 cm³/mol. The van der Waals surface area contributed by atoms with Crippen LogP contribution >= 0.6 is 0 Å². The van der Waals surface area contributed by atoms with Crippen molar-refractivity contribution in [3.63, 3.8) is 0 Å². The van der Waals surface area contributed by atoms with Crippen LogP contribution in [0.25, 0.3) is 0 Å². The molecule has 0 bridgehead atoms. The summed E-state index contributed by atoms with van der Waals surface area (Å²) in [4.78, 5) is 35.6. The molecule has 0 spiro atoms. The lowest BCUT2D eigenvalue weighted by Gasteiger charge is -2.32. The van der Waals surface area contributed by atoms with Crippen molar-refractivity contribution >= 4 is 17.7 Å². The molecule has 0 atom stereocenters. The normalized spacial score (nSPS) is 11.7. The average Bonchev–Trinajstić information content (AvgIpc) is 2.44. The molecular weight excluding hydrogens is 324 g/mol. The molecule has 0 aliphatic heterocycles. The van der Waals surface area contributed by atoms with Crippen molar-refractivity contribution in [2.75, 3.05) is 13.2 Å². The van der Waals surface area contributed by atoms with Gasteiger partial charge >= 0.3 is 11.9 Å². The molecule has 0 aromatic rings. The average molecular weight is 350 g/mol. The van der Waals surface area contributed by atoms with Crippen molar-refractivity contribution in [2.45, 2.75) is 58.5 Å². The van der Waals surface area contributed by atoms with Gasteiger partial charge in [-0.05, 0) is 13.8 Å². The lowest BCUT2D eigenvalue weighted by atomic mass is 9.75. The number of ketones is 1. The van der Waals surface area contributed by atoms with Crippen LogP contribution in [0.3, 0.4) is 0 Å². The summed E-state index contributed by atoms with van der Waals surface area (Å²) >= 11 is 0. The number of aliphatic hydroxyl groups excluding tert-OH is 2. The molecule has 4 N–H and O–H groups in total. The number of aliphatic hydroxyl groups is 4. The molecular formula is C15H26O9. The van der Waals surface area contributed by atoms with Gasteiger partial charge in [0.1, 0.15) is 5.78 Å². The van der Waals surface area contributed by atoms with E-state index < -0.39 is 55.0 Å². The predicted octanol–water partition coefficient (Wildman–Crippen LogP) is -0.760. The van der Waals surface area contributed by atoms with Gasteiger partial charge in [0.05, 0.1) is 25.0 Å². The zero-order valence-corrected chi connectivity index (χ0v) is 13.9. The van der Waals surface area contributed by atoms with E-state index in [1.54, 1.807) is 6.92 Å². The Morgan fingerprint density at radius 3 is 1.79 bits per heavy atom. The van der Waals surface area contributed by atoms with Gasteiger partial charge in [-0.15, -0.1) is 0 Å². The van der Waals surface area contributed by atoms with E-state index in [9.17, 15) is 34.8 Å². The standard InChI is InChI=1S/C15H26O9/c1-3-23-13(21)6-5-10(16)7-15(8-11(17)18,9-12(19)20)14(22)24-4-2/h11-12,17-20H,3-9H2,1-2H3. The Morgan fingerprint density at radius 2 is 1.38 bits per heavy atom. The maximum Gasteiger partial charge on any atom is 0.312 e. The third-order valence-corrected chi connectivity index (χ3v) is 3.30. The number of esters is 2. The van der Waals surface area contributed by atoms with Crippen LogP contribution in [0.4, 0.5) is 0 Å². The first-order valence-corrected chi connectivity index (χ1v) is 7.73. The summed E-state index contributed by atoms with van der Waals surface area (Å²) in [6.07, 6.45) is -6.03. The highest BCUT2D eigenvalue weighted by Gasteiger charge is 2.44. The second-order valence-electron chi connectivity index (χ2n) is 5.39. The third kappa shape index (κ3) is 8.34. The highest BCUT2D eigenvalue weighted by molar-refractivity contribution is 5.88.